The molecule has 128 valence electrons. The van der Waals surface area contributed by atoms with Crippen LogP contribution in [0.5, 0.6) is 0 Å². The third kappa shape index (κ3) is 3.37. The average Bonchev–Trinajstić information content (AvgIpc) is 3.34. The molecule has 4 rings (SSSR count). The predicted octanol–water partition coefficient (Wildman–Crippen LogP) is 1.39. The Kier molecular flexibility index (Phi) is 4.40. The summed E-state index contributed by atoms with van der Waals surface area (Å²) in [5, 5.41) is 8.71. The number of rotatable bonds is 4. The summed E-state index contributed by atoms with van der Waals surface area (Å²) in [7, 11) is 0. The largest absolute Gasteiger partial charge is 0.367 e. The van der Waals surface area contributed by atoms with Crippen LogP contribution >= 0.6 is 11.3 Å². The third-order valence-electron chi connectivity index (χ3n) is 3.95. The van der Waals surface area contributed by atoms with Gasteiger partial charge in [-0.1, -0.05) is 0 Å². The Labute approximate surface area is 148 Å². The zero-order chi connectivity index (χ0) is 17.1. The fourth-order valence-electron chi connectivity index (χ4n) is 2.71. The topological polar surface area (TPSA) is 88.0 Å². The van der Waals surface area contributed by atoms with E-state index >= 15 is 0 Å². The second kappa shape index (κ2) is 6.99. The van der Waals surface area contributed by atoms with Crippen LogP contribution in [-0.2, 0) is 0 Å². The number of hydrogen-bond donors (Lipinski definition) is 2. The molecule has 1 aliphatic rings. The number of amides is 1. The summed E-state index contributed by atoms with van der Waals surface area (Å²) in [6, 6.07) is 1.93. The first-order valence-electron chi connectivity index (χ1n) is 7.96. The molecule has 25 heavy (non-hydrogen) atoms. The van der Waals surface area contributed by atoms with Crippen LogP contribution in [0.3, 0.4) is 0 Å². The first kappa shape index (κ1) is 15.7. The second-order valence-corrected chi connectivity index (χ2v) is 6.41. The van der Waals surface area contributed by atoms with Crippen LogP contribution in [0.2, 0.25) is 0 Å². The van der Waals surface area contributed by atoms with Crippen molar-refractivity contribution < 1.29 is 4.79 Å². The molecule has 0 aliphatic carbocycles. The van der Waals surface area contributed by atoms with Gasteiger partial charge < -0.3 is 15.5 Å². The van der Waals surface area contributed by atoms with Crippen LogP contribution in [0.4, 0.5) is 11.4 Å². The van der Waals surface area contributed by atoms with E-state index in [1.54, 1.807) is 41.1 Å². The predicted molar refractivity (Wildman–Crippen MR) is 96.5 cm³/mol. The second-order valence-electron chi connectivity index (χ2n) is 5.57. The number of pyridine rings is 1. The van der Waals surface area contributed by atoms with E-state index in [9.17, 15) is 4.79 Å². The Morgan fingerprint density at radius 3 is 2.92 bits per heavy atom. The quantitative estimate of drug-likeness (QED) is 0.735. The van der Waals surface area contributed by atoms with Gasteiger partial charge in [-0.2, -0.15) is 0 Å². The molecule has 0 bridgehead atoms. The van der Waals surface area contributed by atoms with Crippen molar-refractivity contribution in [2.75, 3.05) is 36.4 Å². The van der Waals surface area contributed by atoms with Gasteiger partial charge in [-0.05, 0) is 6.07 Å². The molecule has 1 saturated heterocycles. The molecule has 0 radical (unpaired) electrons. The smallest absolute Gasteiger partial charge is 0.275 e. The molecule has 4 heterocycles. The molecule has 3 aromatic rings. The van der Waals surface area contributed by atoms with Crippen molar-refractivity contribution in [1.82, 2.24) is 24.8 Å². The maximum Gasteiger partial charge on any atom is 0.275 e. The molecule has 9 heteroatoms. The van der Waals surface area contributed by atoms with Crippen molar-refractivity contribution in [3.05, 3.63) is 48.3 Å². The molecule has 0 spiro atoms. The third-order valence-corrected chi connectivity index (χ3v) is 4.81. The fourth-order valence-corrected chi connectivity index (χ4v) is 3.47. The van der Waals surface area contributed by atoms with E-state index in [-0.39, 0.29) is 5.91 Å². The Hall–Kier alpha value is -2.78. The number of nitrogens with one attached hydrogen (secondary N) is 2. The van der Waals surface area contributed by atoms with Gasteiger partial charge in [0.1, 0.15) is 12.0 Å². The molecule has 2 N–H and O–H groups in total. The molecule has 0 atom stereocenters. The fraction of sp³-hybridized carbons (Fsp3) is 0.250. The van der Waals surface area contributed by atoms with Crippen LogP contribution in [0.25, 0.3) is 5.13 Å². The number of carbonyl (C=O) groups is 1. The monoisotopic (exact) mass is 355 g/mol. The number of anilines is 2. The highest BCUT2D eigenvalue weighted by atomic mass is 32.1. The van der Waals surface area contributed by atoms with E-state index in [1.165, 1.54) is 11.3 Å². The zero-order valence-electron chi connectivity index (χ0n) is 13.4. The van der Waals surface area contributed by atoms with Gasteiger partial charge in [0.05, 0.1) is 17.6 Å². The van der Waals surface area contributed by atoms with Crippen molar-refractivity contribution in [2.24, 2.45) is 0 Å². The number of aromatic nitrogens is 4. The number of thiazole rings is 1. The molecular weight excluding hydrogens is 338 g/mol. The van der Waals surface area contributed by atoms with Gasteiger partial charge in [0, 0.05) is 50.1 Å². The molecule has 0 unspecified atom stereocenters. The lowest BCUT2D eigenvalue weighted by atomic mass is 10.2. The van der Waals surface area contributed by atoms with Crippen LogP contribution < -0.4 is 15.5 Å². The van der Waals surface area contributed by atoms with Crippen molar-refractivity contribution >= 4 is 28.6 Å². The highest BCUT2D eigenvalue weighted by molar-refractivity contribution is 7.12. The van der Waals surface area contributed by atoms with Gasteiger partial charge in [0.25, 0.3) is 5.91 Å². The minimum Gasteiger partial charge on any atom is -0.367 e. The van der Waals surface area contributed by atoms with Crippen molar-refractivity contribution in [3.8, 4) is 5.13 Å². The first-order chi connectivity index (χ1) is 12.3. The Morgan fingerprint density at radius 1 is 1.24 bits per heavy atom. The molecule has 8 nitrogen and oxygen atoms in total. The number of nitrogens with zero attached hydrogens (tertiary/aromatic N) is 5. The van der Waals surface area contributed by atoms with Gasteiger partial charge in [0.15, 0.2) is 5.13 Å². The van der Waals surface area contributed by atoms with E-state index in [2.05, 4.69) is 30.5 Å². The van der Waals surface area contributed by atoms with Crippen LogP contribution in [0, 0.1) is 0 Å². The zero-order valence-corrected chi connectivity index (χ0v) is 14.2. The maximum absolute atomic E-state index is 12.6. The average molecular weight is 355 g/mol. The van der Waals surface area contributed by atoms with Crippen molar-refractivity contribution in [3.63, 3.8) is 0 Å². The lowest BCUT2D eigenvalue weighted by Gasteiger charge is -2.30. The molecular formula is C16H17N7OS. The number of imidazole rings is 1. The molecule has 1 aliphatic heterocycles. The number of carbonyl (C=O) groups excluding carboxylic acids is 1. The molecule has 1 amide bonds. The SMILES string of the molecule is O=C(Nc1cnccc1N1CCNCC1)c1csc(-n2ccnc2)n1. The van der Waals surface area contributed by atoms with Crippen LogP contribution in [0.15, 0.2) is 42.6 Å². The normalized spacial score (nSPS) is 14.5. The summed E-state index contributed by atoms with van der Waals surface area (Å²) in [5.74, 6) is -0.244. The van der Waals surface area contributed by atoms with E-state index in [1.807, 2.05) is 6.07 Å². The van der Waals surface area contributed by atoms with Gasteiger partial charge >= 0.3 is 0 Å². The molecule has 0 saturated carbocycles. The van der Waals surface area contributed by atoms with Gasteiger partial charge in [0.2, 0.25) is 0 Å². The van der Waals surface area contributed by atoms with Crippen LogP contribution in [-0.4, -0.2) is 51.6 Å². The molecule has 0 aromatic carbocycles. The van der Waals surface area contributed by atoms with Gasteiger partial charge in [-0.3, -0.25) is 14.3 Å². The minimum absolute atomic E-state index is 0.244. The lowest BCUT2D eigenvalue weighted by molar-refractivity contribution is 0.102. The Bertz CT molecular complexity index is 855. The van der Waals surface area contributed by atoms with E-state index in [0.29, 0.717) is 16.5 Å². The minimum atomic E-state index is -0.244. The summed E-state index contributed by atoms with van der Waals surface area (Å²) in [6.45, 7) is 3.65. The van der Waals surface area contributed by atoms with Gasteiger partial charge in [-0.15, -0.1) is 11.3 Å². The van der Waals surface area contributed by atoms with E-state index < -0.39 is 0 Å². The van der Waals surface area contributed by atoms with Crippen molar-refractivity contribution in [1.29, 1.82) is 0 Å². The summed E-state index contributed by atoms with van der Waals surface area (Å²) < 4.78 is 1.78. The van der Waals surface area contributed by atoms with Crippen molar-refractivity contribution in [2.45, 2.75) is 0 Å². The Balaban J connectivity index is 1.53. The highest BCUT2D eigenvalue weighted by Gasteiger charge is 2.17. The maximum atomic E-state index is 12.6. The highest BCUT2D eigenvalue weighted by Crippen LogP contribution is 2.25. The lowest BCUT2D eigenvalue weighted by Crippen LogP contribution is -2.43. The summed E-state index contributed by atoms with van der Waals surface area (Å²) in [4.78, 5) is 27.3. The first-order valence-corrected chi connectivity index (χ1v) is 8.84. The molecule has 3 aromatic heterocycles. The summed E-state index contributed by atoms with van der Waals surface area (Å²) in [6.07, 6.45) is 8.55. The number of hydrogen-bond acceptors (Lipinski definition) is 7. The van der Waals surface area contributed by atoms with Gasteiger partial charge in [-0.25, -0.2) is 9.97 Å². The summed E-state index contributed by atoms with van der Waals surface area (Å²) in [5.41, 5.74) is 2.06. The number of piperazine rings is 1. The molecule has 1 fully saturated rings. The summed E-state index contributed by atoms with van der Waals surface area (Å²) >= 11 is 1.40. The standard InChI is InChI=1S/C16H17N7OS/c24-15(13-10-25-16(21-13)23-8-5-19-11-23)20-12-9-18-2-1-14(12)22-6-3-17-4-7-22/h1-2,5,8-11,17H,3-4,6-7H2,(H,20,24). The van der Waals surface area contributed by atoms with Crippen LogP contribution in [0.1, 0.15) is 10.5 Å². The van der Waals surface area contributed by atoms with E-state index in [4.69, 9.17) is 0 Å². The van der Waals surface area contributed by atoms with E-state index in [0.717, 1.165) is 31.9 Å². The Morgan fingerprint density at radius 2 is 2.12 bits per heavy atom.